The van der Waals surface area contributed by atoms with E-state index in [1.54, 1.807) is 20.9 Å². The molecule has 0 aliphatic carbocycles. The molecule has 9 aromatic rings. The third-order valence-electron chi connectivity index (χ3n) is 20.0. The number of carbonyl (C=O) groups excluding carboxylic acids is 8. The second-order valence-electron chi connectivity index (χ2n) is 27.8. The summed E-state index contributed by atoms with van der Waals surface area (Å²) in [6, 6.07) is 41.7. The fourth-order valence-electron chi connectivity index (χ4n) is 14.6. The fourth-order valence-corrected chi connectivity index (χ4v) is 15.7. The van der Waals surface area contributed by atoms with Crippen molar-refractivity contribution in [3.63, 3.8) is 0 Å². The zero-order valence-corrected chi connectivity index (χ0v) is 63.4. The van der Waals surface area contributed by atoms with Crippen molar-refractivity contribution in [3.05, 3.63) is 230 Å². The molecule has 13 rings (SSSR count). The Hall–Kier alpha value is -9.14. The average molecular weight is 1560 g/mol. The largest absolute Gasteiger partial charge is 0.377 e. The van der Waals surface area contributed by atoms with Crippen molar-refractivity contribution < 1.29 is 38.4 Å². The second-order valence-corrected chi connectivity index (χ2v) is 30.5. The summed E-state index contributed by atoms with van der Waals surface area (Å²) >= 11 is 19.5. The Morgan fingerprint density at radius 3 is 1.58 bits per heavy atom. The molecule has 21 heteroatoms. The fraction of sp³-hybridized carbons (Fsp3) is 0.317. The summed E-state index contributed by atoms with van der Waals surface area (Å²) in [5.41, 5.74) is 11.7. The van der Waals surface area contributed by atoms with E-state index in [1.165, 1.54) is 29.4 Å². The molecular formula is C82H85Br2Cl2N9O8. The number of benzene rings is 6. The van der Waals surface area contributed by atoms with Gasteiger partial charge in [-0.2, -0.15) is 0 Å². The molecule has 0 spiro atoms. The molecule has 1 unspecified atom stereocenters. The minimum atomic E-state index is -0.150. The van der Waals surface area contributed by atoms with Gasteiger partial charge in [0, 0.05) is 203 Å². The van der Waals surface area contributed by atoms with Crippen molar-refractivity contribution in [2.24, 2.45) is 23.7 Å². The lowest BCUT2D eigenvalue weighted by Gasteiger charge is -2.38. The van der Waals surface area contributed by atoms with Gasteiger partial charge in [-0.1, -0.05) is 143 Å². The predicted octanol–water partition coefficient (Wildman–Crippen LogP) is 15.0. The minimum Gasteiger partial charge on any atom is -0.377 e. The van der Waals surface area contributed by atoms with Gasteiger partial charge in [-0.05, 0) is 127 Å². The van der Waals surface area contributed by atoms with Crippen molar-refractivity contribution >= 4 is 140 Å². The quantitative estimate of drug-likeness (QED) is 0.0610. The van der Waals surface area contributed by atoms with E-state index >= 15 is 0 Å². The molecule has 0 saturated carbocycles. The van der Waals surface area contributed by atoms with Gasteiger partial charge < -0.3 is 43.5 Å². The molecule has 3 fully saturated rings. The Morgan fingerprint density at radius 1 is 0.563 bits per heavy atom. The number of fused-ring (bicyclic) bond motifs is 4. The van der Waals surface area contributed by atoms with E-state index in [1.807, 2.05) is 137 Å². The summed E-state index contributed by atoms with van der Waals surface area (Å²) in [7, 11) is 4.06. The van der Waals surface area contributed by atoms with Gasteiger partial charge in [-0.25, -0.2) is 0 Å². The molecule has 0 bridgehead atoms. The third-order valence-corrected chi connectivity index (χ3v) is 21.4. The summed E-state index contributed by atoms with van der Waals surface area (Å²) in [6.45, 7) is 22.9. The number of likely N-dealkylation sites (tertiary alicyclic amines) is 3. The van der Waals surface area contributed by atoms with Crippen LogP contribution in [0.15, 0.2) is 187 Å². The monoisotopic (exact) mass is 1550 g/mol. The number of aromatic nitrogens is 3. The number of nitrogens with one attached hydrogen (secondary N) is 1. The molecular weight excluding hydrogens is 1470 g/mol. The molecule has 6 aromatic carbocycles. The molecule has 103 heavy (non-hydrogen) atoms. The first-order valence-electron chi connectivity index (χ1n) is 34.7. The van der Waals surface area contributed by atoms with Gasteiger partial charge in [-0.3, -0.25) is 38.4 Å². The van der Waals surface area contributed by atoms with Gasteiger partial charge in [0.05, 0.1) is 30.8 Å². The van der Waals surface area contributed by atoms with E-state index in [0.717, 1.165) is 76.1 Å². The summed E-state index contributed by atoms with van der Waals surface area (Å²) < 4.78 is 7.59. The van der Waals surface area contributed by atoms with E-state index in [9.17, 15) is 38.4 Å². The average Bonchev–Trinajstić information content (AvgIpc) is 1.64. The van der Waals surface area contributed by atoms with Gasteiger partial charge >= 0.3 is 0 Å². The van der Waals surface area contributed by atoms with Crippen molar-refractivity contribution in [1.82, 2.24) is 38.6 Å². The molecule has 4 aliphatic rings. The van der Waals surface area contributed by atoms with Crippen LogP contribution in [-0.2, 0) is 61.4 Å². The number of rotatable bonds is 23. The Bertz CT molecular complexity index is 4790. The van der Waals surface area contributed by atoms with Gasteiger partial charge in [0.15, 0.2) is 17.3 Å². The summed E-state index contributed by atoms with van der Waals surface area (Å²) in [4.78, 5) is 110. The molecule has 0 radical (unpaired) electrons. The highest BCUT2D eigenvalue weighted by Crippen LogP contribution is 2.41. The smallest absolute Gasteiger partial charge is 0.256 e. The Morgan fingerprint density at radius 2 is 1.05 bits per heavy atom. The number of hydrogen-bond acceptors (Lipinski definition) is 9. The molecule has 4 aliphatic heterocycles. The number of hydrogen-bond donors (Lipinski definition) is 1. The van der Waals surface area contributed by atoms with E-state index < -0.39 is 0 Å². The van der Waals surface area contributed by atoms with Crippen molar-refractivity contribution in [1.29, 1.82) is 0 Å². The number of ketones is 3. The van der Waals surface area contributed by atoms with Crippen LogP contribution in [0.4, 0.5) is 5.69 Å². The van der Waals surface area contributed by atoms with Crippen LogP contribution in [0.5, 0.6) is 0 Å². The Balaban J connectivity index is 0.000000155. The third kappa shape index (κ3) is 17.4. The number of anilines is 1. The normalized spacial score (nSPS) is 14.7. The number of Topliss-reactive ketones (excluding diaryl/α,β-unsaturated/α-hetero) is 3. The molecule has 17 nitrogen and oxygen atoms in total. The SMILES string of the molecule is C=CC(=O)N1CC(CC(=O)Cn2c(C)c(-c3ccccc3N(C)C)c3cc(Cl)ccc32)C1.C=CC(=O)N1CC(CC(=O)Cn2cc(C(=O)N3CCc4cc(Cl)ccc4C3)c3cc(Br)ccc32)C1.C=CC(=O)N1CC(CC(=O)Cn2cc(C(=O)NCC(c3ccccc3)C(C)C)c3cc(Br)ccc32)C1. The first-order valence-corrected chi connectivity index (χ1v) is 37.0. The number of nitrogens with zero attached hydrogens (tertiary/aromatic N) is 8. The lowest BCUT2D eigenvalue weighted by Crippen LogP contribution is -2.50. The van der Waals surface area contributed by atoms with Crippen molar-refractivity contribution in [3.8, 4) is 11.1 Å². The van der Waals surface area contributed by atoms with Crippen molar-refractivity contribution in [2.75, 3.05) is 71.4 Å². The maximum absolute atomic E-state index is 13.6. The van der Waals surface area contributed by atoms with Gasteiger partial charge in [0.2, 0.25) is 17.7 Å². The van der Waals surface area contributed by atoms with E-state index in [0.29, 0.717) is 112 Å². The summed E-state index contributed by atoms with van der Waals surface area (Å²) in [6.07, 6.45) is 9.57. The number of halogens is 4. The molecule has 7 heterocycles. The zero-order chi connectivity index (χ0) is 73.5. The van der Waals surface area contributed by atoms with E-state index in [-0.39, 0.29) is 83.6 Å². The standard InChI is InChI=1S/C29H32BrN3O3.C27H25BrClN3O3.C26H28ClN3O2/c1-4-28(35)33-15-20(16-33)12-23(34)17-32-18-26(24-13-22(30)10-11-27(24)32)29(36)31-14-25(19(2)3)21-8-6-5-7-9-21;1-2-26(34)32-12-17(13-32)9-22(33)15-31-16-24(23-11-20(28)4-6-25(23)31)27(35)30-8-7-18-10-21(29)5-3-19(18)14-30;1-5-25(32)29-14-18(15-29)12-20(31)16-30-17(2)26(22-13-19(27)10-11-24(22)30)21-8-6-7-9-23(21)28(3)4/h4-11,13,18-20,25H,1,12,14-17H2,2-3H3,(H,31,36);2-6,10-11,16-17H,1,7-9,12-15H2;5-11,13,18H,1,12,14-16H2,2-4H3. The predicted molar refractivity (Wildman–Crippen MR) is 417 cm³/mol. The maximum Gasteiger partial charge on any atom is 0.256 e. The highest BCUT2D eigenvalue weighted by atomic mass is 79.9. The molecule has 5 amide bonds. The lowest BCUT2D eigenvalue weighted by atomic mass is 9.88. The minimum absolute atomic E-state index is 0.0440. The Kier molecular flexibility index (Phi) is 24.1. The second kappa shape index (κ2) is 33.1. The summed E-state index contributed by atoms with van der Waals surface area (Å²) in [5.74, 6) is 1.02. The topological polar surface area (TPSA) is 180 Å². The first-order chi connectivity index (χ1) is 49.4. The molecule has 1 N–H and O–H groups in total. The molecule has 3 aromatic heterocycles. The van der Waals surface area contributed by atoms with E-state index in [4.69, 9.17) is 23.2 Å². The van der Waals surface area contributed by atoms with Crippen LogP contribution in [0.3, 0.4) is 0 Å². The van der Waals surface area contributed by atoms with Crippen LogP contribution in [0, 0.1) is 30.6 Å². The van der Waals surface area contributed by atoms with Crippen LogP contribution < -0.4 is 10.2 Å². The Labute approximate surface area is 628 Å². The maximum atomic E-state index is 13.6. The van der Waals surface area contributed by atoms with Gasteiger partial charge in [0.25, 0.3) is 11.8 Å². The summed E-state index contributed by atoms with van der Waals surface area (Å²) in [5, 5.41) is 7.19. The van der Waals surface area contributed by atoms with Crippen molar-refractivity contribution in [2.45, 2.75) is 78.6 Å². The van der Waals surface area contributed by atoms with Gasteiger partial charge in [0.1, 0.15) is 0 Å². The highest BCUT2D eigenvalue weighted by Gasteiger charge is 2.35. The van der Waals surface area contributed by atoms with Crippen LogP contribution in [-0.4, -0.2) is 147 Å². The van der Waals surface area contributed by atoms with Crippen LogP contribution in [0.25, 0.3) is 43.8 Å². The van der Waals surface area contributed by atoms with Gasteiger partial charge in [-0.15, -0.1) is 0 Å². The number of para-hydroxylation sites is 1. The lowest BCUT2D eigenvalue weighted by molar-refractivity contribution is -0.134. The van der Waals surface area contributed by atoms with Crippen LogP contribution in [0.1, 0.15) is 82.1 Å². The molecule has 1 atom stereocenters. The van der Waals surface area contributed by atoms with E-state index in [2.05, 4.69) is 111 Å². The van der Waals surface area contributed by atoms with Crippen LogP contribution >= 0.6 is 55.1 Å². The number of carbonyl (C=O) groups is 8. The molecule has 534 valence electrons. The van der Waals surface area contributed by atoms with Crippen LogP contribution in [0.2, 0.25) is 10.0 Å². The zero-order valence-electron chi connectivity index (χ0n) is 58.7. The highest BCUT2D eigenvalue weighted by molar-refractivity contribution is 9.10. The first kappa shape index (κ1) is 75.0. The number of amides is 5. The molecule has 3 saturated heterocycles.